The van der Waals surface area contributed by atoms with E-state index >= 15 is 0 Å². The molecule has 0 saturated carbocycles. The van der Waals surface area contributed by atoms with Crippen molar-refractivity contribution in [1.82, 2.24) is 15.0 Å². The molecule has 7 nitrogen and oxygen atoms in total. The van der Waals surface area contributed by atoms with E-state index in [0.717, 1.165) is 11.1 Å². The molecule has 0 spiro atoms. The molecule has 0 saturated heterocycles. The Hall–Kier alpha value is -4.12. The van der Waals surface area contributed by atoms with Gasteiger partial charge in [0.1, 0.15) is 17.3 Å². The highest BCUT2D eigenvalue weighted by Gasteiger charge is 2.34. The number of nitrogens with zero attached hydrogens (tertiary/aromatic N) is 4. The van der Waals surface area contributed by atoms with E-state index < -0.39 is 11.4 Å². The Morgan fingerprint density at radius 3 is 2.85 bits per heavy atom. The van der Waals surface area contributed by atoms with Crippen LogP contribution in [0, 0.1) is 17.7 Å². The lowest BCUT2D eigenvalue weighted by Gasteiger charge is -2.32. The Kier molecular flexibility index (Phi) is 6.13. The molecule has 4 rings (SSSR count). The number of aromatic nitrogens is 3. The summed E-state index contributed by atoms with van der Waals surface area (Å²) in [6, 6.07) is 6.47. The summed E-state index contributed by atoms with van der Waals surface area (Å²) in [5.41, 5.74) is 8.18. The molecule has 2 N–H and O–H groups in total. The monoisotopic (exact) mass is 443 g/mol. The highest BCUT2D eigenvalue weighted by Crippen LogP contribution is 2.36. The summed E-state index contributed by atoms with van der Waals surface area (Å²) < 4.78 is 20.2. The van der Waals surface area contributed by atoms with E-state index in [1.54, 1.807) is 31.5 Å². The summed E-state index contributed by atoms with van der Waals surface area (Å²) in [7, 11) is 0. The van der Waals surface area contributed by atoms with Gasteiger partial charge in [0.2, 0.25) is 5.88 Å². The van der Waals surface area contributed by atoms with Crippen LogP contribution in [0.1, 0.15) is 46.6 Å². The van der Waals surface area contributed by atoms with E-state index in [1.807, 2.05) is 13.0 Å². The Labute approximate surface area is 191 Å². The molecule has 0 fully saturated rings. The third kappa shape index (κ3) is 4.72. The number of carbonyl (C=O) groups excluding carboxylic acids is 1. The molecule has 8 heteroatoms. The molecule has 2 aromatic heterocycles. The van der Waals surface area contributed by atoms with Crippen molar-refractivity contribution in [3.8, 4) is 17.7 Å². The van der Waals surface area contributed by atoms with Crippen molar-refractivity contribution < 1.29 is 13.9 Å². The maximum absolute atomic E-state index is 14.9. The third-order valence-electron chi connectivity index (χ3n) is 5.45. The number of ketones is 1. The minimum Gasteiger partial charge on any atom is -0.463 e. The van der Waals surface area contributed by atoms with Crippen LogP contribution in [0.3, 0.4) is 0 Å². The minimum absolute atomic E-state index is 0.0409. The molecular weight excluding hydrogens is 421 g/mol. The highest BCUT2D eigenvalue weighted by molar-refractivity contribution is 6.00. The number of fused-ring (bicyclic) bond motifs is 1. The summed E-state index contributed by atoms with van der Waals surface area (Å²) in [6.07, 6.45) is 6.59. The van der Waals surface area contributed by atoms with E-state index in [0.29, 0.717) is 23.4 Å². The van der Waals surface area contributed by atoms with Gasteiger partial charge in [-0.2, -0.15) is 0 Å². The van der Waals surface area contributed by atoms with Crippen molar-refractivity contribution >= 4 is 11.6 Å². The number of nitrogens with two attached hydrogens (primary N) is 1. The summed E-state index contributed by atoms with van der Waals surface area (Å²) in [5.74, 6) is 5.43. The molecule has 1 aliphatic heterocycles. The molecule has 0 radical (unpaired) electrons. The number of benzene rings is 1. The molecule has 1 aromatic carbocycles. The zero-order valence-corrected chi connectivity index (χ0v) is 18.3. The number of hydrogen-bond acceptors (Lipinski definition) is 7. The topological polar surface area (TPSA) is 103 Å². The largest absolute Gasteiger partial charge is 0.463 e. The second kappa shape index (κ2) is 9.17. The molecule has 166 valence electrons. The Morgan fingerprint density at radius 1 is 1.24 bits per heavy atom. The molecule has 1 atom stereocenters. The van der Waals surface area contributed by atoms with Gasteiger partial charge in [-0.1, -0.05) is 12.0 Å². The number of hydrogen-bond donors (Lipinski definition) is 1. The van der Waals surface area contributed by atoms with Gasteiger partial charge in [0.25, 0.3) is 0 Å². The Balaban J connectivity index is 1.55. The van der Waals surface area contributed by atoms with Crippen molar-refractivity contribution in [3.05, 3.63) is 82.8 Å². The van der Waals surface area contributed by atoms with Crippen LogP contribution >= 0.6 is 0 Å². The van der Waals surface area contributed by atoms with Gasteiger partial charge in [0, 0.05) is 36.4 Å². The van der Waals surface area contributed by atoms with Crippen LogP contribution in [0.15, 0.2) is 54.0 Å². The van der Waals surface area contributed by atoms with Gasteiger partial charge >= 0.3 is 0 Å². The first-order chi connectivity index (χ1) is 15.9. The molecule has 0 amide bonds. The first-order valence-electron chi connectivity index (χ1n) is 10.3. The lowest BCUT2D eigenvalue weighted by Crippen LogP contribution is -2.34. The second-order valence-electron chi connectivity index (χ2n) is 7.85. The summed E-state index contributed by atoms with van der Waals surface area (Å²) in [5, 5.41) is 0. The van der Waals surface area contributed by atoms with Crippen LogP contribution in [0.2, 0.25) is 0 Å². The quantitative estimate of drug-likeness (QED) is 0.464. The van der Waals surface area contributed by atoms with E-state index in [9.17, 15) is 9.18 Å². The summed E-state index contributed by atoms with van der Waals surface area (Å²) >= 11 is 0. The van der Waals surface area contributed by atoms with E-state index in [2.05, 4.69) is 31.8 Å². The zero-order chi connectivity index (χ0) is 23.4. The number of aliphatic imine (C=N–C) groups is 1. The van der Waals surface area contributed by atoms with Crippen LogP contribution in [-0.4, -0.2) is 33.2 Å². The van der Waals surface area contributed by atoms with Gasteiger partial charge in [-0.25, -0.2) is 14.4 Å². The molecule has 3 heterocycles. The molecule has 0 bridgehead atoms. The van der Waals surface area contributed by atoms with Gasteiger partial charge in [-0.15, -0.1) is 5.92 Å². The number of halogens is 1. The second-order valence-corrected chi connectivity index (χ2v) is 7.85. The predicted octanol–water partition coefficient (Wildman–Crippen LogP) is 3.02. The highest BCUT2D eigenvalue weighted by atomic mass is 19.1. The number of carbonyl (C=O) groups is 1. The number of rotatable bonds is 6. The number of Topliss-reactive ketones (excluding diaryl/α,β-unsaturated/α-hetero) is 1. The van der Waals surface area contributed by atoms with Gasteiger partial charge in [0.05, 0.1) is 17.9 Å². The van der Waals surface area contributed by atoms with Gasteiger partial charge in [-0.3, -0.25) is 14.8 Å². The van der Waals surface area contributed by atoms with Gasteiger partial charge < -0.3 is 10.5 Å². The normalized spacial score (nSPS) is 16.8. The maximum atomic E-state index is 14.9. The van der Waals surface area contributed by atoms with E-state index in [1.165, 1.54) is 18.5 Å². The van der Waals surface area contributed by atoms with E-state index in [-0.39, 0.29) is 30.4 Å². The average molecular weight is 443 g/mol. The first kappa shape index (κ1) is 22.1. The smallest absolute Gasteiger partial charge is 0.233 e. The fourth-order valence-electron chi connectivity index (χ4n) is 3.79. The van der Waals surface area contributed by atoms with Crippen LogP contribution in [0.25, 0.3) is 0 Å². The van der Waals surface area contributed by atoms with Gasteiger partial charge in [-0.05, 0) is 43.2 Å². The maximum Gasteiger partial charge on any atom is 0.233 e. The zero-order valence-electron chi connectivity index (χ0n) is 18.3. The third-order valence-corrected chi connectivity index (χ3v) is 5.45. The molecule has 0 aliphatic carbocycles. The van der Waals surface area contributed by atoms with Crippen molar-refractivity contribution in [2.24, 2.45) is 10.7 Å². The number of amidine groups is 1. The average Bonchev–Trinajstić information content (AvgIpc) is 2.81. The molecule has 1 aliphatic rings. The lowest BCUT2D eigenvalue weighted by atomic mass is 9.81. The summed E-state index contributed by atoms with van der Waals surface area (Å²) in [4.78, 5) is 29.6. The van der Waals surface area contributed by atoms with Crippen molar-refractivity contribution in [2.45, 2.75) is 32.2 Å². The van der Waals surface area contributed by atoms with Crippen molar-refractivity contribution in [1.29, 1.82) is 0 Å². The SMILES string of the molecule is CC#CCOc1cnc(C(=O)Cc2ccc(F)c(C3(C)Cc4ccncc4C(N)=N3)c2)cn1. The lowest BCUT2D eigenvalue weighted by molar-refractivity contribution is 0.0987. The first-order valence-corrected chi connectivity index (χ1v) is 10.3. The molecular formula is C25H22FN5O2. The van der Waals surface area contributed by atoms with Crippen LogP contribution < -0.4 is 10.5 Å². The van der Waals surface area contributed by atoms with Crippen molar-refractivity contribution in [2.75, 3.05) is 6.61 Å². The fraction of sp³-hybridized carbons (Fsp3) is 0.240. The number of ether oxygens (including phenoxy) is 1. The Morgan fingerprint density at radius 2 is 2.09 bits per heavy atom. The Bertz CT molecular complexity index is 1290. The predicted molar refractivity (Wildman–Crippen MR) is 121 cm³/mol. The fourth-order valence-corrected chi connectivity index (χ4v) is 3.79. The van der Waals surface area contributed by atoms with E-state index in [4.69, 9.17) is 10.5 Å². The van der Waals surface area contributed by atoms with Gasteiger partial charge in [0.15, 0.2) is 12.4 Å². The minimum atomic E-state index is -0.901. The van der Waals surface area contributed by atoms with Crippen molar-refractivity contribution in [3.63, 3.8) is 0 Å². The van der Waals surface area contributed by atoms with Crippen LogP contribution in [0.5, 0.6) is 5.88 Å². The molecule has 3 aromatic rings. The number of pyridine rings is 1. The van der Waals surface area contributed by atoms with Crippen LogP contribution in [-0.2, 0) is 18.4 Å². The standard InChI is InChI=1S/C25H22FN5O2/c1-3-4-9-33-23-15-29-21(14-30-23)22(32)11-16-5-6-20(26)19(10-16)25(2)12-17-7-8-28-13-18(17)24(27)31-25/h5-8,10,13-15H,9,11-12H2,1-2H3,(H2,27,31). The summed E-state index contributed by atoms with van der Waals surface area (Å²) in [6.45, 7) is 3.74. The molecule has 1 unspecified atom stereocenters. The molecule has 33 heavy (non-hydrogen) atoms. The van der Waals surface area contributed by atoms with Crippen LogP contribution in [0.4, 0.5) is 4.39 Å².